The predicted octanol–water partition coefficient (Wildman–Crippen LogP) is 2.15. The number of aromatic nitrogens is 3. The van der Waals surface area contributed by atoms with Gasteiger partial charge in [0.1, 0.15) is 6.07 Å². The van der Waals surface area contributed by atoms with Crippen LogP contribution in [0, 0.1) is 21.4 Å². The van der Waals surface area contributed by atoms with E-state index in [4.69, 9.17) is 0 Å². The molecule has 0 saturated heterocycles. The fourth-order valence-corrected chi connectivity index (χ4v) is 3.62. The van der Waals surface area contributed by atoms with Crippen LogP contribution in [-0.2, 0) is 16.9 Å². The number of hydrogen-bond donors (Lipinski definition) is 1. The lowest BCUT2D eigenvalue weighted by Crippen LogP contribution is -2.09. The number of nitrogens with one attached hydrogen (secondary N) is 1. The molecule has 1 N–H and O–H groups in total. The number of nitro benzene ring substituents is 1. The maximum Gasteiger partial charge on any atom is 0.270 e. The highest BCUT2D eigenvalue weighted by molar-refractivity contribution is 7.95. The molecule has 10 heteroatoms. The van der Waals surface area contributed by atoms with E-state index in [-0.39, 0.29) is 10.8 Å². The van der Waals surface area contributed by atoms with E-state index >= 15 is 0 Å². The Bertz CT molecular complexity index is 1160. The van der Waals surface area contributed by atoms with E-state index in [0.29, 0.717) is 16.5 Å². The summed E-state index contributed by atoms with van der Waals surface area (Å²) in [6, 6.07) is 5.84. The smallest absolute Gasteiger partial charge is 0.270 e. The summed E-state index contributed by atoms with van der Waals surface area (Å²) in [5.74, 6) is 0. The zero-order chi connectivity index (χ0) is 18.2. The van der Waals surface area contributed by atoms with Crippen LogP contribution in [-0.4, -0.2) is 27.9 Å². The van der Waals surface area contributed by atoms with Gasteiger partial charge < -0.3 is 9.55 Å². The normalized spacial score (nSPS) is 12.2. The van der Waals surface area contributed by atoms with Crippen LogP contribution in [0.15, 0.2) is 46.9 Å². The fraction of sp³-hybridized carbons (Fsp3) is 0.0667. The second-order valence-electron chi connectivity index (χ2n) is 5.18. The molecule has 0 aliphatic carbocycles. The molecular weight excluding hydrogens is 346 g/mol. The van der Waals surface area contributed by atoms with Gasteiger partial charge in [0.05, 0.1) is 4.92 Å². The average molecular weight is 357 g/mol. The first-order valence-electron chi connectivity index (χ1n) is 6.94. The van der Waals surface area contributed by atoms with Gasteiger partial charge in [-0.1, -0.05) is 0 Å². The topological polar surface area (TPSA) is 135 Å². The number of fused-ring (bicyclic) bond motifs is 1. The number of imidazole rings is 1. The fourth-order valence-electron chi connectivity index (χ4n) is 2.38. The van der Waals surface area contributed by atoms with E-state index in [0.717, 1.165) is 0 Å². The highest BCUT2D eigenvalue weighted by atomic mass is 32.2. The van der Waals surface area contributed by atoms with Crippen molar-refractivity contribution < 1.29 is 13.3 Å². The number of benzene rings is 1. The third-order valence-corrected chi connectivity index (χ3v) is 5.27. The molecule has 0 spiro atoms. The Balaban J connectivity index is 2.17. The molecule has 0 radical (unpaired) electrons. The van der Waals surface area contributed by atoms with Crippen molar-refractivity contribution in [2.24, 2.45) is 7.05 Å². The van der Waals surface area contributed by atoms with Crippen LogP contribution in [0.25, 0.3) is 17.0 Å². The molecular formula is C15H11N5O4S. The molecule has 1 aromatic carbocycles. The number of hydrogen-bond acceptors (Lipinski definition) is 6. The molecule has 0 amide bonds. The quantitative estimate of drug-likeness (QED) is 0.432. The number of nitriles is 1. The molecule has 9 nitrogen and oxygen atoms in total. The Labute approximate surface area is 141 Å². The Morgan fingerprint density at radius 1 is 1.48 bits per heavy atom. The summed E-state index contributed by atoms with van der Waals surface area (Å²) >= 11 is 0. The van der Waals surface area contributed by atoms with Gasteiger partial charge in [-0.25, -0.2) is 13.4 Å². The number of H-pyrrole nitrogens is 1. The Morgan fingerprint density at radius 2 is 2.24 bits per heavy atom. The molecule has 2 aromatic heterocycles. The first-order chi connectivity index (χ1) is 11.8. The van der Waals surface area contributed by atoms with Crippen molar-refractivity contribution in [2.45, 2.75) is 5.16 Å². The van der Waals surface area contributed by atoms with Crippen LogP contribution in [0.5, 0.6) is 0 Å². The number of nitrogens with zero attached hydrogens (tertiary/aromatic N) is 4. The summed E-state index contributed by atoms with van der Waals surface area (Å²) < 4.78 is 26.5. The third-order valence-electron chi connectivity index (χ3n) is 3.61. The van der Waals surface area contributed by atoms with E-state index in [1.165, 1.54) is 54.5 Å². The van der Waals surface area contributed by atoms with Crippen LogP contribution < -0.4 is 0 Å². The number of aromatic amines is 1. The molecule has 0 aliphatic heterocycles. The summed E-state index contributed by atoms with van der Waals surface area (Å²) in [7, 11) is -2.60. The number of sulfone groups is 1. The summed E-state index contributed by atoms with van der Waals surface area (Å²) in [5.41, 5.74) is 0.809. The van der Waals surface area contributed by atoms with Crippen molar-refractivity contribution in [1.82, 2.24) is 14.5 Å². The van der Waals surface area contributed by atoms with Gasteiger partial charge in [-0.3, -0.25) is 10.1 Å². The molecule has 2 heterocycles. The first-order valence-corrected chi connectivity index (χ1v) is 8.42. The largest absolute Gasteiger partial charge is 0.361 e. The molecule has 126 valence electrons. The number of rotatable bonds is 4. The predicted molar refractivity (Wildman–Crippen MR) is 88.9 cm³/mol. The van der Waals surface area contributed by atoms with Crippen molar-refractivity contribution in [1.29, 1.82) is 5.26 Å². The van der Waals surface area contributed by atoms with Gasteiger partial charge in [0.2, 0.25) is 15.0 Å². The minimum absolute atomic E-state index is 0.132. The van der Waals surface area contributed by atoms with Gasteiger partial charge >= 0.3 is 0 Å². The lowest BCUT2D eigenvalue weighted by molar-refractivity contribution is -0.384. The summed E-state index contributed by atoms with van der Waals surface area (Å²) in [4.78, 5) is 16.5. The van der Waals surface area contributed by atoms with Crippen LogP contribution in [0.4, 0.5) is 5.69 Å². The summed E-state index contributed by atoms with van der Waals surface area (Å²) in [5, 5.41) is 20.4. The van der Waals surface area contributed by atoms with Gasteiger partial charge in [-0.15, -0.1) is 0 Å². The SMILES string of the molecule is Cn1ccnc1S(=O)(=O)C(C#N)=Cc1c[nH]c2ccc([N+](=O)[O-])cc12. The van der Waals surface area contributed by atoms with E-state index in [1.54, 1.807) is 6.07 Å². The molecule has 0 bridgehead atoms. The Kier molecular flexibility index (Phi) is 3.86. The Hall–Kier alpha value is -3.45. The minimum atomic E-state index is -4.11. The number of aryl methyl sites for hydroxylation is 1. The zero-order valence-electron chi connectivity index (χ0n) is 12.9. The second kappa shape index (κ2) is 5.88. The van der Waals surface area contributed by atoms with Crippen molar-refractivity contribution in [2.75, 3.05) is 0 Å². The Morgan fingerprint density at radius 3 is 2.84 bits per heavy atom. The van der Waals surface area contributed by atoms with Crippen LogP contribution in [0.3, 0.4) is 0 Å². The highest BCUT2D eigenvalue weighted by Gasteiger charge is 2.25. The van der Waals surface area contributed by atoms with E-state index < -0.39 is 19.7 Å². The molecule has 0 fully saturated rings. The van der Waals surface area contributed by atoms with Gasteiger partial charge in [0, 0.05) is 54.2 Å². The molecule has 3 aromatic rings. The molecule has 25 heavy (non-hydrogen) atoms. The maximum absolute atomic E-state index is 12.6. The van der Waals surface area contributed by atoms with E-state index in [9.17, 15) is 23.8 Å². The van der Waals surface area contributed by atoms with Gasteiger partial charge in [-0.2, -0.15) is 5.26 Å². The highest BCUT2D eigenvalue weighted by Crippen LogP contribution is 2.27. The molecule has 3 rings (SSSR count). The third kappa shape index (κ3) is 2.77. The van der Waals surface area contributed by atoms with Crippen molar-refractivity contribution >= 4 is 32.5 Å². The second-order valence-corrected chi connectivity index (χ2v) is 6.99. The van der Waals surface area contributed by atoms with E-state index in [1.807, 2.05) is 0 Å². The maximum atomic E-state index is 12.6. The van der Waals surface area contributed by atoms with Crippen molar-refractivity contribution in [3.63, 3.8) is 0 Å². The van der Waals surface area contributed by atoms with Crippen LogP contribution in [0.2, 0.25) is 0 Å². The number of non-ortho nitro benzene ring substituents is 1. The summed E-state index contributed by atoms with van der Waals surface area (Å²) in [6.07, 6.45) is 5.43. The standard InChI is InChI=1S/C15H11N5O4S/c1-19-5-4-17-15(19)25(23,24)12(8-16)6-10-9-18-14-3-2-11(20(21)22)7-13(10)14/h2-7,9,18H,1H3. The molecule has 0 saturated carbocycles. The minimum Gasteiger partial charge on any atom is -0.361 e. The van der Waals surface area contributed by atoms with Gasteiger partial charge in [-0.05, 0) is 12.1 Å². The van der Waals surface area contributed by atoms with Crippen molar-refractivity contribution in [3.05, 3.63) is 57.4 Å². The first kappa shape index (κ1) is 16.4. The van der Waals surface area contributed by atoms with E-state index in [2.05, 4.69) is 9.97 Å². The lowest BCUT2D eigenvalue weighted by Gasteiger charge is -2.02. The summed E-state index contributed by atoms with van der Waals surface area (Å²) in [6.45, 7) is 0. The van der Waals surface area contributed by atoms with Gasteiger partial charge in [0.25, 0.3) is 5.69 Å². The molecule has 0 aliphatic rings. The van der Waals surface area contributed by atoms with Gasteiger partial charge in [0.15, 0.2) is 4.91 Å². The van der Waals surface area contributed by atoms with Crippen molar-refractivity contribution in [3.8, 4) is 6.07 Å². The lowest BCUT2D eigenvalue weighted by atomic mass is 10.1. The average Bonchev–Trinajstić information content (AvgIpc) is 3.18. The van der Waals surface area contributed by atoms with Crippen LogP contribution >= 0.6 is 0 Å². The monoisotopic (exact) mass is 357 g/mol. The molecule has 0 unspecified atom stereocenters. The number of nitro groups is 1. The number of allylic oxidation sites excluding steroid dienone is 1. The molecule has 0 atom stereocenters. The van der Waals surface area contributed by atoms with Crippen LogP contribution in [0.1, 0.15) is 5.56 Å². The zero-order valence-corrected chi connectivity index (χ0v) is 13.7.